The van der Waals surface area contributed by atoms with E-state index in [-0.39, 0.29) is 11.9 Å². The monoisotopic (exact) mass is 600 g/mol. The predicted molar refractivity (Wildman–Crippen MR) is 156 cm³/mol. The Bertz CT molecular complexity index is 1390. The smallest absolute Gasteiger partial charge is 0.262 e. The number of amides is 1. The summed E-state index contributed by atoms with van der Waals surface area (Å²) >= 11 is 5.23. The Morgan fingerprint density at radius 1 is 0.919 bits per heavy atom. The highest BCUT2D eigenvalue weighted by molar-refractivity contribution is 9.10. The number of nitrogens with zero attached hydrogens (tertiary/aromatic N) is 1. The molecule has 1 fully saturated rings. The van der Waals surface area contributed by atoms with Gasteiger partial charge in [-0.25, -0.2) is 8.42 Å². The molecule has 0 aromatic heterocycles. The fourth-order valence-corrected chi connectivity index (χ4v) is 7.91. The summed E-state index contributed by atoms with van der Waals surface area (Å²) in [7, 11) is -3.78. The van der Waals surface area contributed by atoms with Crippen molar-refractivity contribution in [2.75, 3.05) is 17.0 Å². The van der Waals surface area contributed by atoms with Crippen molar-refractivity contribution < 1.29 is 13.2 Å². The molecular weight excluding hydrogens is 568 g/mol. The van der Waals surface area contributed by atoms with Crippen molar-refractivity contribution >= 4 is 49.3 Å². The summed E-state index contributed by atoms with van der Waals surface area (Å²) in [5.41, 5.74) is 5.63. The standard InChI is InChI=1S/C29H33BrN2O3S2/c1-18-19(2)21(4)28(22(5)20(18)3)37(34,35)31-25-12-8-23(9-13-25)29(33)32-16-6-7-26(32)17-36-27-14-10-24(30)11-15-27/h8-15,26,31H,6-7,16-17H2,1-5H3. The molecule has 37 heavy (non-hydrogen) atoms. The lowest BCUT2D eigenvalue weighted by Crippen LogP contribution is -2.37. The molecule has 1 atom stereocenters. The van der Waals surface area contributed by atoms with Crippen LogP contribution in [0.5, 0.6) is 0 Å². The summed E-state index contributed by atoms with van der Waals surface area (Å²) in [6.07, 6.45) is 1.98. The Morgan fingerprint density at radius 2 is 1.49 bits per heavy atom. The maximum Gasteiger partial charge on any atom is 0.262 e. The van der Waals surface area contributed by atoms with Gasteiger partial charge in [-0.1, -0.05) is 15.9 Å². The molecule has 1 unspecified atom stereocenters. The van der Waals surface area contributed by atoms with E-state index < -0.39 is 10.0 Å². The van der Waals surface area contributed by atoms with Gasteiger partial charge >= 0.3 is 0 Å². The molecular formula is C29H33BrN2O3S2. The molecule has 0 radical (unpaired) electrons. The van der Waals surface area contributed by atoms with Crippen LogP contribution >= 0.6 is 27.7 Å². The number of sulfonamides is 1. The number of anilines is 1. The second-order valence-electron chi connectivity index (χ2n) is 9.70. The van der Waals surface area contributed by atoms with Gasteiger partial charge in [-0.15, -0.1) is 11.8 Å². The zero-order valence-corrected chi connectivity index (χ0v) is 25.1. The summed E-state index contributed by atoms with van der Waals surface area (Å²) in [6.45, 7) is 10.4. The van der Waals surface area contributed by atoms with Crippen molar-refractivity contribution in [1.29, 1.82) is 0 Å². The molecule has 3 aromatic carbocycles. The molecule has 3 aromatic rings. The quantitative estimate of drug-likeness (QED) is 0.291. The fourth-order valence-electron chi connectivity index (χ4n) is 4.92. The van der Waals surface area contributed by atoms with Gasteiger partial charge in [0.15, 0.2) is 0 Å². The summed E-state index contributed by atoms with van der Waals surface area (Å²) in [4.78, 5) is 16.8. The van der Waals surface area contributed by atoms with Crippen LogP contribution in [0.1, 0.15) is 51.0 Å². The van der Waals surface area contributed by atoms with Crippen LogP contribution in [0.4, 0.5) is 5.69 Å². The van der Waals surface area contributed by atoms with E-state index in [1.54, 1.807) is 36.0 Å². The minimum atomic E-state index is -3.78. The third kappa shape index (κ3) is 5.91. The first kappa shape index (κ1) is 27.7. The number of hydrogen-bond acceptors (Lipinski definition) is 4. The average Bonchev–Trinajstić information content (AvgIpc) is 3.34. The Morgan fingerprint density at radius 3 is 2.08 bits per heavy atom. The molecule has 0 saturated carbocycles. The first-order chi connectivity index (χ1) is 17.5. The minimum Gasteiger partial charge on any atom is -0.335 e. The van der Waals surface area contributed by atoms with E-state index in [4.69, 9.17) is 0 Å². The lowest BCUT2D eigenvalue weighted by atomic mass is 9.95. The molecule has 0 aliphatic carbocycles. The average molecular weight is 602 g/mol. The topological polar surface area (TPSA) is 66.5 Å². The highest BCUT2D eigenvalue weighted by Gasteiger charge is 2.30. The molecule has 0 spiro atoms. The van der Waals surface area contributed by atoms with E-state index in [0.29, 0.717) is 16.1 Å². The third-order valence-corrected chi connectivity index (χ3v) is 10.8. The van der Waals surface area contributed by atoms with Crippen LogP contribution in [-0.4, -0.2) is 37.6 Å². The van der Waals surface area contributed by atoms with Crippen LogP contribution in [-0.2, 0) is 10.0 Å². The molecule has 5 nitrogen and oxygen atoms in total. The van der Waals surface area contributed by atoms with Crippen molar-refractivity contribution in [2.24, 2.45) is 0 Å². The van der Waals surface area contributed by atoms with Crippen LogP contribution in [0.3, 0.4) is 0 Å². The summed E-state index contributed by atoms with van der Waals surface area (Å²) in [6, 6.07) is 15.2. The largest absolute Gasteiger partial charge is 0.335 e. The first-order valence-electron chi connectivity index (χ1n) is 12.4. The third-order valence-electron chi connectivity index (χ3n) is 7.48. The SMILES string of the molecule is Cc1c(C)c(C)c(S(=O)(=O)Nc2ccc(C(=O)N3CCCC3CSc3ccc(Br)cc3)cc2)c(C)c1C. The zero-order valence-electron chi connectivity index (χ0n) is 21.9. The van der Waals surface area contributed by atoms with Crippen molar-refractivity contribution in [3.8, 4) is 0 Å². The van der Waals surface area contributed by atoms with Crippen LogP contribution in [0.25, 0.3) is 0 Å². The van der Waals surface area contributed by atoms with Gasteiger partial charge in [-0.2, -0.15) is 0 Å². The maximum atomic E-state index is 13.3. The van der Waals surface area contributed by atoms with Gasteiger partial charge in [0.2, 0.25) is 0 Å². The van der Waals surface area contributed by atoms with E-state index in [1.807, 2.05) is 51.7 Å². The molecule has 1 saturated heterocycles. The lowest BCUT2D eigenvalue weighted by Gasteiger charge is -2.25. The van der Waals surface area contributed by atoms with Crippen LogP contribution < -0.4 is 4.72 Å². The zero-order chi connectivity index (χ0) is 26.9. The van der Waals surface area contributed by atoms with Crippen LogP contribution in [0.15, 0.2) is 62.8 Å². The van der Waals surface area contributed by atoms with E-state index in [2.05, 4.69) is 32.8 Å². The number of halogens is 1. The van der Waals surface area contributed by atoms with E-state index >= 15 is 0 Å². The molecule has 1 amide bonds. The van der Waals surface area contributed by atoms with Gasteiger partial charge in [0.25, 0.3) is 15.9 Å². The fraction of sp³-hybridized carbons (Fsp3) is 0.345. The number of hydrogen-bond donors (Lipinski definition) is 1. The van der Waals surface area contributed by atoms with Crippen molar-refractivity contribution in [3.63, 3.8) is 0 Å². The van der Waals surface area contributed by atoms with Crippen molar-refractivity contribution in [3.05, 3.63) is 86.4 Å². The number of thioether (sulfide) groups is 1. The molecule has 196 valence electrons. The number of carbonyl (C=O) groups is 1. The van der Waals surface area contributed by atoms with Gasteiger partial charge in [0, 0.05) is 39.0 Å². The Balaban J connectivity index is 1.47. The predicted octanol–water partition coefficient (Wildman–Crippen LogP) is 7.19. The van der Waals surface area contributed by atoms with Crippen molar-refractivity contribution in [2.45, 2.75) is 63.3 Å². The number of likely N-dealkylation sites (tertiary alicyclic amines) is 1. The molecule has 1 aliphatic heterocycles. The molecule has 1 N–H and O–H groups in total. The molecule has 1 aliphatic rings. The van der Waals surface area contributed by atoms with E-state index in [9.17, 15) is 13.2 Å². The highest BCUT2D eigenvalue weighted by Crippen LogP contribution is 2.31. The Kier molecular flexibility index (Phi) is 8.41. The second kappa shape index (κ2) is 11.2. The summed E-state index contributed by atoms with van der Waals surface area (Å²) in [5, 5.41) is 0. The van der Waals surface area contributed by atoms with Crippen molar-refractivity contribution in [1.82, 2.24) is 4.90 Å². The van der Waals surface area contributed by atoms with Gasteiger partial charge < -0.3 is 4.90 Å². The molecule has 1 heterocycles. The van der Waals surface area contributed by atoms with Crippen LogP contribution in [0.2, 0.25) is 0 Å². The summed E-state index contributed by atoms with van der Waals surface area (Å²) < 4.78 is 30.5. The second-order valence-corrected chi connectivity index (χ2v) is 13.3. The Hall–Kier alpha value is -2.29. The van der Waals surface area contributed by atoms with Gasteiger partial charge in [0.1, 0.15) is 0 Å². The Labute approximate surface area is 233 Å². The number of carbonyl (C=O) groups excluding carboxylic acids is 1. The lowest BCUT2D eigenvalue weighted by molar-refractivity contribution is 0.0750. The van der Waals surface area contributed by atoms with Gasteiger partial charge in [0.05, 0.1) is 4.90 Å². The van der Waals surface area contributed by atoms with Crippen LogP contribution in [0, 0.1) is 34.6 Å². The summed E-state index contributed by atoms with van der Waals surface area (Å²) in [5.74, 6) is 0.837. The van der Waals surface area contributed by atoms with E-state index in [1.165, 1.54) is 4.90 Å². The molecule has 0 bridgehead atoms. The number of benzene rings is 3. The first-order valence-corrected chi connectivity index (χ1v) is 15.6. The number of rotatable bonds is 7. The normalized spacial score (nSPS) is 15.7. The minimum absolute atomic E-state index is 0.00946. The maximum absolute atomic E-state index is 13.3. The number of nitrogens with one attached hydrogen (secondary N) is 1. The highest BCUT2D eigenvalue weighted by atomic mass is 79.9. The van der Waals surface area contributed by atoms with Gasteiger partial charge in [-0.05, 0) is 124 Å². The van der Waals surface area contributed by atoms with E-state index in [0.717, 1.165) is 57.4 Å². The van der Waals surface area contributed by atoms with Gasteiger partial charge in [-0.3, -0.25) is 9.52 Å². The molecule has 8 heteroatoms. The molecule has 4 rings (SSSR count).